The largest absolute Gasteiger partial charge is 0.380 e. The van der Waals surface area contributed by atoms with Gasteiger partial charge in [-0.2, -0.15) is 0 Å². The van der Waals surface area contributed by atoms with Gasteiger partial charge in [0.2, 0.25) is 5.91 Å². The van der Waals surface area contributed by atoms with Crippen molar-refractivity contribution in [2.75, 3.05) is 19.0 Å². The van der Waals surface area contributed by atoms with E-state index in [4.69, 9.17) is 4.74 Å². The van der Waals surface area contributed by atoms with Crippen LogP contribution in [0.25, 0.3) is 0 Å². The summed E-state index contributed by atoms with van der Waals surface area (Å²) in [6.07, 6.45) is 2.80. The van der Waals surface area contributed by atoms with Crippen molar-refractivity contribution in [3.63, 3.8) is 0 Å². The molecule has 1 heterocycles. The highest BCUT2D eigenvalue weighted by Crippen LogP contribution is 2.17. The minimum atomic E-state index is 0. The summed E-state index contributed by atoms with van der Waals surface area (Å²) in [4.78, 5) is 11.9. The Morgan fingerprint density at radius 1 is 1.47 bits per heavy atom. The first-order valence-electron chi connectivity index (χ1n) is 6.39. The molecule has 2 rings (SSSR count). The van der Waals surface area contributed by atoms with E-state index in [9.17, 15) is 4.79 Å². The van der Waals surface area contributed by atoms with E-state index >= 15 is 0 Å². The number of rotatable bonds is 5. The molecule has 4 nitrogen and oxygen atoms in total. The Labute approximate surface area is 120 Å². The fourth-order valence-electron chi connectivity index (χ4n) is 2.28. The molecule has 1 amide bonds. The number of methoxy groups -OCH3 is 1. The van der Waals surface area contributed by atoms with Gasteiger partial charge in [-0.15, -0.1) is 12.4 Å². The van der Waals surface area contributed by atoms with Gasteiger partial charge in [0, 0.05) is 30.8 Å². The first-order chi connectivity index (χ1) is 8.79. The Balaban J connectivity index is 0.00000180. The molecule has 0 bridgehead atoms. The van der Waals surface area contributed by atoms with Gasteiger partial charge < -0.3 is 15.4 Å². The van der Waals surface area contributed by atoms with Gasteiger partial charge in [0.05, 0.1) is 6.61 Å². The Kier molecular flexibility index (Phi) is 6.84. The predicted octanol–water partition coefficient (Wildman–Crippen LogP) is 2.34. The van der Waals surface area contributed by atoms with Crippen LogP contribution >= 0.6 is 12.4 Å². The molecule has 1 fully saturated rings. The standard InChI is InChI=1S/C14H20N2O2.ClH/c1-18-10-11-5-2-3-7-13(11)16-14(17)9-12-6-4-8-15-12;/h2-3,5,7,12,15H,4,6,8-10H2,1H3,(H,16,17);1H. The lowest BCUT2D eigenvalue weighted by Crippen LogP contribution is -2.27. The molecule has 1 aliphatic rings. The van der Waals surface area contributed by atoms with E-state index in [1.54, 1.807) is 7.11 Å². The van der Waals surface area contributed by atoms with Crippen LogP contribution in [0.15, 0.2) is 24.3 Å². The highest BCUT2D eigenvalue weighted by atomic mass is 35.5. The van der Waals surface area contributed by atoms with E-state index < -0.39 is 0 Å². The van der Waals surface area contributed by atoms with Gasteiger partial charge in [-0.25, -0.2) is 0 Å². The van der Waals surface area contributed by atoms with Crippen LogP contribution in [0.5, 0.6) is 0 Å². The zero-order chi connectivity index (χ0) is 12.8. The zero-order valence-corrected chi connectivity index (χ0v) is 12.0. The summed E-state index contributed by atoms with van der Waals surface area (Å²) in [5.74, 6) is 0.0675. The van der Waals surface area contributed by atoms with Crippen molar-refractivity contribution < 1.29 is 9.53 Å². The van der Waals surface area contributed by atoms with Crippen LogP contribution in [0.3, 0.4) is 0 Å². The van der Waals surface area contributed by atoms with Gasteiger partial charge in [0.1, 0.15) is 0 Å². The third-order valence-electron chi connectivity index (χ3n) is 3.19. The molecule has 0 radical (unpaired) electrons. The molecular weight excluding hydrogens is 264 g/mol. The Bertz CT molecular complexity index is 406. The molecular formula is C14H21ClN2O2. The van der Waals surface area contributed by atoms with E-state index in [0.29, 0.717) is 19.1 Å². The number of ether oxygens (including phenoxy) is 1. The second-order valence-electron chi connectivity index (χ2n) is 4.64. The molecule has 0 spiro atoms. The second-order valence-corrected chi connectivity index (χ2v) is 4.64. The highest BCUT2D eigenvalue weighted by molar-refractivity contribution is 5.91. The maximum atomic E-state index is 11.9. The quantitative estimate of drug-likeness (QED) is 0.872. The Hall–Kier alpha value is -1.10. The van der Waals surface area contributed by atoms with Crippen molar-refractivity contribution >= 4 is 24.0 Å². The number of nitrogens with one attached hydrogen (secondary N) is 2. The smallest absolute Gasteiger partial charge is 0.225 e. The summed E-state index contributed by atoms with van der Waals surface area (Å²) in [7, 11) is 1.65. The lowest BCUT2D eigenvalue weighted by atomic mass is 10.1. The summed E-state index contributed by atoms with van der Waals surface area (Å²) in [6.45, 7) is 1.54. The van der Waals surface area contributed by atoms with Crippen molar-refractivity contribution in [2.24, 2.45) is 0 Å². The number of hydrogen-bond donors (Lipinski definition) is 2. The third-order valence-corrected chi connectivity index (χ3v) is 3.19. The molecule has 1 atom stereocenters. The molecule has 1 aliphatic heterocycles. The molecule has 19 heavy (non-hydrogen) atoms. The van der Waals surface area contributed by atoms with Crippen molar-refractivity contribution in [1.29, 1.82) is 0 Å². The van der Waals surface area contributed by atoms with Crippen LogP contribution in [0, 0.1) is 0 Å². The lowest BCUT2D eigenvalue weighted by Gasteiger charge is -2.13. The maximum absolute atomic E-state index is 11.9. The molecule has 106 valence electrons. The molecule has 1 saturated heterocycles. The van der Waals surface area contributed by atoms with Crippen LogP contribution in [-0.2, 0) is 16.1 Å². The minimum absolute atomic E-state index is 0. The second kappa shape index (κ2) is 8.15. The first kappa shape index (κ1) is 16.0. The van der Waals surface area contributed by atoms with Gasteiger partial charge in [0.25, 0.3) is 0 Å². The number of carbonyl (C=O) groups is 1. The fraction of sp³-hybridized carbons (Fsp3) is 0.500. The van der Waals surface area contributed by atoms with Gasteiger partial charge in [0.15, 0.2) is 0 Å². The number of halogens is 1. The Morgan fingerprint density at radius 2 is 2.26 bits per heavy atom. The molecule has 1 aromatic carbocycles. The number of hydrogen-bond acceptors (Lipinski definition) is 3. The lowest BCUT2D eigenvalue weighted by molar-refractivity contribution is -0.116. The van der Waals surface area contributed by atoms with E-state index in [1.807, 2.05) is 24.3 Å². The number of amides is 1. The van der Waals surface area contributed by atoms with Gasteiger partial charge in [-0.05, 0) is 25.5 Å². The molecule has 1 unspecified atom stereocenters. The zero-order valence-electron chi connectivity index (χ0n) is 11.1. The van der Waals surface area contributed by atoms with Gasteiger partial charge >= 0.3 is 0 Å². The molecule has 0 aliphatic carbocycles. The molecule has 0 aromatic heterocycles. The summed E-state index contributed by atoms with van der Waals surface area (Å²) in [5.41, 5.74) is 1.86. The molecule has 1 aromatic rings. The summed E-state index contributed by atoms with van der Waals surface area (Å²) in [5, 5.41) is 6.29. The monoisotopic (exact) mass is 284 g/mol. The topological polar surface area (TPSA) is 50.4 Å². The third kappa shape index (κ3) is 4.82. The van der Waals surface area contributed by atoms with Crippen LogP contribution in [0.4, 0.5) is 5.69 Å². The van der Waals surface area contributed by atoms with E-state index in [0.717, 1.165) is 30.6 Å². The van der Waals surface area contributed by atoms with E-state index in [-0.39, 0.29) is 18.3 Å². The SMILES string of the molecule is COCc1ccccc1NC(=O)CC1CCCN1.Cl. The van der Waals surface area contributed by atoms with Crippen molar-refractivity contribution in [1.82, 2.24) is 5.32 Å². The highest BCUT2D eigenvalue weighted by Gasteiger charge is 2.18. The molecule has 2 N–H and O–H groups in total. The summed E-state index contributed by atoms with van der Waals surface area (Å²) in [6, 6.07) is 8.08. The average molecular weight is 285 g/mol. The van der Waals surface area contributed by atoms with Crippen molar-refractivity contribution in [3.05, 3.63) is 29.8 Å². The molecule has 0 saturated carbocycles. The van der Waals surface area contributed by atoms with Crippen LogP contribution < -0.4 is 10.6 Å². The number of para-hydroxylation sites is 1. The van der Waals surface area contributed by atoms with Gasteiger partial charge in [-0.3, -0.25) is 4.79 Å². The van der Waals surface area contributed by atoms with Crippen molar-refractivity contribution in [3.8, 4) is 0 Å². The number of carbonyl (C=O) groups excluding carboxylic acids is 1. The van der Waals surface area contributed by atoms with Crippen molar-refractivity contribution in [2.45, 2.75) is 31.9 Å². The average Bonchev–Trinajstić information content (AvgIpc) is 2.84. The number of anilines is 1. The van der Waals surface area contributed by atoms with E-state index in [2.05, 4.69) is 10.6 Å². The Morgan fingerprint density at radius 3 is 2.95 bits per heavy atom. The van der Waals surface area contributed by atoms with E-state index in [1.165, 1.54) is 0 Å². The first-order valence-corrected chi connectivity index (χ1v) is 6.39. The summed E-state index contributed by atoms with van der Waals surface area (Å²) < 4.78 is 5.12. The van der Waals surface area contributed by atoms with Crippen LogP contribution in [-0.4, -0.2) is 25.6 Å². The predicted molar refractivity (Wildman–Crippen MR) is 78.7 cm³/mol. The normalized spacial score (nSPS) is 17.8. The van der Waals surface area contributed by atoms with Crippen LogP contribution in [0.2, 0.25) is 0 Å². The fourth-order valence-corrected chi connectivity index (χ4v) is 2.28. The number of benzene rings is 1. The van der Waals surface area contributed by atoms with Crippen LogP contribution in [0.1, 0.15) is 24.8 Å². The minimum Gasteiger partial charge on any atom is -0.380 e. The molecule has 5 heteroatoms. The maximum Gasteiger partial charge on any atom is 0.225 e. The summed E-state index contributed by atoms with van der Waals surface area (Å²) >= 11 is 0. The van der Waals surface area contributed by atoms with Gasteiger partial charge in [-0.1, -0.05) is 18.2 Å².